The summed E-state index contributed by atoms with van der Waals surface area (Å²) in [6.07, 6.45) is 4.20. The molecule has 0 spiro atoms. The molecule has 0 saturated heterocycles. The van der Waals surface area contributed by atoms with Crippen molar-refractivity contribution in [2.24, 2.45) is 0 Å². The monoisotopic (exact) mass is 287 g/mol. The van der Waals surface area contributed by atoms with E-state index in [1.807, 2.05) is 18.7 Å². The molecule has 1 unspecified atom stereocenters. The fourth-order valence-corrected chi connectivity index (χ4v) is 2.96. The zero-order chi connectivity index (χ0) is 14.5. The molecule has 1 rings (SSSR count). The Hall–Kier alpha value is -0.610. The minimum atomic E-state index is -0.396. The highest BCUT2D eigenvalue weighted by Gasteiger charge is 2.25. The van der Waals surface area contributed by atoms with Crippen LogP contribution in [0, 0.1) is 11.6 Å². The summed E-state index contributed by atoms with van der Waals surface area (Å²) < 4.78 is 27.0. The number of thioether (sulfide) groups is 1. The van der Waals surface area contributed by atoms with Crippen LogP contribution in [0.1, 0.15) is 45.2 Å². The fourth-order valence-electron chi connectivity index (χ4n) is 2.16. The van der Waals surface area contributed by atoms with Crippen LogP contribution in [0.3, 0.4) is 0 Å². The van der Waals surface area contributed by atoms with Crippen molar-refractivity contribution in [3.8, 4) is 0 Å². The maximum absolute atomic E-state index is 13.7. The maximum Gasteiger partial charge on any atom is 0.128 e. The third-order valence-corrected chi connectivity index (χ3v) is 5.46. The predicted octanol–water partition coefficient (Wildman–Crippen LogP) is 4.54. The molecule has 4 heteroatoms. The minimum Gasteiger partial charge on any atom is -0.309 e. The average molecular weight is 287 g/mol. The third-order valence-electron chi connectivity index (χ3n) is 3.88. The van der Waals surface area contributed by atoms with E-state index in [1.54, 1.807) is 0 Å². The molecule has 108 valence electrons. The van der Waals surface area contributed by atoms with Gasteiger partial charge in [-0.15, -0.1) is 0 Å². The second kappa shape index (κ2) is 7.25. The third kappa shape index (κ3) is 4.18. The number of benzene rings is 1. The molecule has 0 heterocycles. The molecule has 0 aromatic heterocycles. The Kier molecular flexibility index (Phi) is 6.27. The Bertz CT molecular complexity index is 397. The van der Waals surface area contributed by atoms with Crippen molar-refractivity contribution in [3.05, 3.63) is 35.4 Å². The van der Waals surface area contributed by atoms with Gasteiger partial charge in [-0.2, -0.15) is 11.8 Å². The second-order valence-corrected chi connectivity index (χ2v) is 6.14. The second-order valence-electron chi connectivity index (χ2n) is 4.86. The Morgan fingerprint density at radius 2 is 1.89 bits per heavy atom. The van der Waals surface area contributed by atoms with Gasteiger partial charge in [0.1, 0.15) is 11.6 Å². The van der Waals surface area contributed by atoms with Crippen molar-refractivity contribution >= 4 is 11.8 Å². The van der Waals surface area contributed by atoms with E-state index in [2.05, 4.69) is 25.4 Å². The van der Waals surface area contributed by atoms with Crippen molar-refractivity contribution in [1.82, 2.24) is 5.32 Å². The van der Waals surface area contributed by atoms with E-state index in [1.165, 1.54) is 12.1 Å². The fraction of sp³-hybridized carbons (Fsp3) is 0.600. The highest BCUT2D eigenvalue weighted by atomic mass is 32.2. The molecule has 1 nitrogen and oxygen atoms in total. The lowest BCUT2D eigenvalue weighted by Crippen LogP contribution is -2.38. The summed E-state index contributed by atoms with van der Waals surface area (Å²) in [6.45, 7) is 6.98. The molecule has 0 bridgehead atoms. The van der Waals surface area contributed by atoms with Crippen molar-refractivity contribution in [1.29, 1.82) is 0 Å². The molecule has 1 atom stereocenters. The van der Waals surface area contributed by atoms with Crippen molar-refractivity contribution in [2.75, 3.05) is 12.8 Å². The van der Waals surface area contributed by atoms with Crippen LogP contribution in [-0.4, -0.2) is 17.5 Å². The van der Waals surface area contributed by atoms with E-state index >= 15 is 0 Å². The quantitative estimate of drug-likeness (QED) is 0.790. The largest absolute Gasteiger partial charge is 0.309 e. The summed E-state index contributed by atoms with van der Waals surface area (Å²) in [5.74, 6) is -0.753. The van der Waals surface area contributed by atoms with Gasteiger partial charge in [-0.25, -0.2) is 8.78 Å². The Labute approximate surface area is 119 Å². The summed E-state index contributed by atoms with van der Waals surface area (Å²) in [4.78, 5) is 0. The van der Waals surface area contributed by atoms with E-state index < -0.39 is 5.82 Å². The van der Waals surface area contributed by atoms with Crippen LogP contribution in [0.15, 0.2) is 18.2 Å². The van der Waals surface area contributed by atoms with Gasteiger partial charge in [0.2, 0.25) is 0 Å². The van der Waals surface area contributed by atoms with Crippen LogP contribution < -0.4 is 5.32 Å². The molecule has 1 aromatic rings. The molecule has 0 amide bonds. The van der Waals surface area contributed by atoms with Gasteiger partial charge in [-0.3, -0.25) is 0 Å². The van der Waals surface area contributed by atoms with Crippen LogP contribution in [0.2, 0.25) is 0 Å². The summed E-state index contributed by atoms with van der Waals surface area (Å²) in [7, 11) is 0. The van der Waals surface area contributed by atoms with Crippen molar-refractivity contribution in [2.45, 2.75) is 44.4 Å². The van der Waals surface area contributed by atoms with Gasteiger partial charge in [0.15, 0.2) is 0 Å². The normalized spacial score (nSPS) is 13.6. The van der Waals surface area contributed by atoms with Gasteiger partial charge in [-0.1, -0.05) is 13.8 Å². The van der Waals surface area contributed by atoms with Crippen LogP contribution >= 0.6 is 11.8 Å². The maximum atomic E-state index is 13.7. The lowest BCUT2D eigenvalue weighted by atomic mass is 10.0. The van der Waals surface area contributed by atoms with E-state index in [0.29, 0.717) is 5.56 Å². The van der Waals surface area contributed by atoms with Crippen LogP contribution in [-0.2, 0) is 0 Å². The Morgan fingerprint density at radius 3 is 2.42 bits per heavy atom. The Morgan fingerprint density at radius 1 is 1.26 bits per heavy atom. The molecule has 0 aliphatic heterocycles. The van der Waals surface area contributed by atoms with E-state index in [9.17, 15) is 8.78 Å². The van der Waals surface area contributed by atoms with E-state index in [4.69, 9.17) is 0 Å². The zero-order valence-corrected chi connectivity index (χ0v) is 12.9. The predicted molar refractivity (Wildman–Crippen MR) is 79.6 cm³/mol. The van der Waals surface area contributed by atoms with Crippen LogP contribution in [0.5, 0.6) is 0 Å². The molecule has 0 aliphatic carbocycles. The molecule has 1 N–H and O–H groups in total. The number of rotatable bonds is 7. The molecule has 19 heavy (non-hydrogen) atoms. The van der Waals surface area contributed by atoms with Crippen molar-refractivity contribution < 1.29 is 8.78 Å². The van der Waals surface area contributed by atoms with E-state index in [0.717, 1.165) is 25.5 Å². The van der Waals surface area contributed by atoms with Gasteiger partial charge in [0.05, 0.1) is 0 Å². The summed E-state index contributed by atoms with van der Waals surface area (Å²) in [6, 6.07) is 3.41. The summed E-state index contributed by atoms with van der Waals surface area (Å²) in [5.41, 5.74) is 0.391. The standard InChI is InChI=1S/C15H23F2NS/c1-5-15(6-2,19-4)10-18-11(3)13-9-12(16)7-8-14(13)17/h7-9,11,18H,5-6,10H2,1-4H3. The molecule has 0 saturated carbocycles. The molecule has 1 aromatic carbocycles. The summed E-state index contributed by atoms with van der Waals surface area (Å²) in [5, 5.41) is 3.33. The first-order valence-electron chi connectivity index (χ1n) is 6.71. The highest BCUT2D eigenvalue weighted by Crippen LogP contribution is 2.30. The van der Waals surface area contributed by atoms with Crippen molar-refractivity contribution in [3.63, 3.8) is 0 Å². The van der Waals surface area contributed by atoms with Gasteiger partial charge in [0.25, 0.3) is 0 Å². The molecular weight excluding hydrogens is 264 g/mol. The smallest absolute Gasteiger partial charge is 0.128 e. The topological polar surface area (TPSA) is 12.0 Å². The number of halogens is 2. The zero-order valence-electron chi connectivity index (χ0n) is 12.1. The summed E-state index contributed by atoms with van der Waals surface area (Å²) >= 11 is 1.83. The van der Waals surface area contributed by atoms with Crippen LogP contribution in [0.25, 0.3) is 0 Å². The lowest BCUT2D eigenvalue weighted by molar-refractivity contribution is 0.448. The molecule has 0 aliphatic rings. The first kappa shape index (κ1) is 16.4. The van der Waals surface area contributed by atoms with Crippen LogP contribution in [0.4, 0.5) is 8.78 Å². The number of hydrogen-bond donors (Lipinski definition) is 1. The van der Waals surface area contributed by atoms with Gasteiger partial charge < -0.3 is 5.32 Å². The molecular formula is C15H23F2NS. The first-order chi connectivity index (χ1) is 8.98. The SMILES string of the molecule is CCC(CC)(CNC(C)c1cc(F)ccc1F)SC. The first-order valence-corrected chi connectivity index (χ1v) is 7.94. The number of nitrogens with one attached hydrogen (secondary N) is 1. The highest BCUT2D eigenvalue weighted by molar-refractivity contribution is 8.00. The molecule has 0 radical (unpaired) electrons. The number of hydrogen-bond acceptors (Lipinski definition) is 2. The average Bonchev–Trinajstić information content (AvgIpc) is 2.43. The van der Waals surface area contributed by atoms with E-state index in [-0.39, 0.29) is 16.6 Å². The van der Waals surface area contributed by atoms with Gasteiger partial charge in [0, 0.05) is 22.9 Å². The van der Waals surface area contributed by atoms with Gasteiger partial charge in [-0.05, 0) is 44.2 Å². The Balaban J connectivity index is 2.74. The molecule has 0 fully saturated rings. The lowest BCUT2D eigenvalue weighted by Gasteiger charge is -2.31. The van der Waals surface area contributed by atoms with Gasteiger partial charge >= 0.3 is 0 Å². The minimum absolute atomic E-state index is 0.165.